The molecule has 0 aromatic heterocycles. The lowest BCUT2D eigenvalue weighted by Gasteiger charge is -2.25. The molecule has 0 fully saturated rings. The summed E-state index contributed by atoms with van der Waals surface area (Å²) < 4.78 is 5.37. The first-order valence-corrected chi connectivity index (χ1v) is 5.19. The molecule has 0 heterocycles. The molecule has 1 atom stereocenters. The van der Waals surface area contributed by atoms with Crippen molar-refractivity contribution < 1.29 is 19.4 Å². The van der Waals surface area contributed by atoms with E-state index in [0.717, 1.165) is 0 Å². The number of aliphatic carboxylic acids is 1. The van der Waals surface area contributed by atoms with E-state index in [-0.39, 0.29) is 0 Å². The molecule has 0 rings (SSSR count). The van der Waals surface area contributed by atoms with Crippen LogP contribution >= 0.6 is 0 Å². The number of carboxylic acids is 1. The number of carboxylic acid groups (broad SMARTS) is 1. The molecule has 0 aliphatic heterocycles. The molecule has 0 saturated heterocycles. The average Bonchev–Trinajstić information content (AvgIpc) is 2.14. The van der Waals surface area contributed by atoms with Crippen molar-refractivity contribution in [2.75, 3.05) is 13.2 Å². The maximum atomic E-state index is 11.3. The number of ether oxygens (including phenoxy) is 1. The van der Waals surface area contributed by atoms with Crippen LogP contribution in [0.4, 0.5) is 4.79 Å². The Balaban J connectivity index is 3.94. The van der Waals surface area contributed by atoms with Crippen molar-refractivity contribution in [1.29, 1.82) is 0 Å². The Labute approximate surface area is 95.4 Å². The van der Waals surface area contributed by atoms with E-state index in [1.165, 1.54) is 6.92 Å². The fourth-order valence-electron chi connectivity index (χ4n) is 1.04. The van der Waals surface area contributed by atoms with Crippen LogP contribution in [0.2, 0.25) is 0 Å². The Morgan fingerprint density at radius 2 is 2.00 bits per heavy atom. The molecule has 0 aliphatic rings. The summed E-state index contributed by atoms with van der Waals surface area (Å²) in [6.45, 7) is 7.83. The van der Waals surface area contributed by atoms with Crippen LogP contribution < -0.4 is 10.6 Å². The summed E-state index contributed by atoms with van der Waals surface area (Å²) in [7, 11) is 0. The molecule has 6 heteroatoms. The second-order valence-corrected chi connectivity index (χ2v) is 4.08. The van der Waals surface area contributed by atoms with Gasteiger partial charge in [0.1, 0.15) is 6.04 Å². The highest BCUT2D eigenvalue weighted by molar-refractivity contribution is 5.82. The molecule has 6 nitrogen and oxygen atoms in total. The van der Waals surface area contributed by atoms with Gasteiger partial charge in [-0.2, -0.15) is 0 Å². The van der Waals surface area contributed by atoms with Crippen LogP contribution in [-0.4, -0.2) is 41.9 Å². The number of rotatable bonds is 6. The van der Waals surface area contributed by atoms with E-state index in [2.05, 4.69) is 10.6 Å². The lowest BCUT2D eigenvalue weighted by Crippen LogP contribution is -2.48. The van der Waals surface area contributed by atoms with Crippen molar-refractivity contribution in [1.82, 2.24) is 10.6 Å². The van der Waals surface area contributed by atoms with Gasteiger partial charge in [-0.25, -0.2) is 4.79 Å². The largest absolute Gasteiger partial charge is 0.480 e. The number of carbonyl (C=O) groups excluding carboxylic acids is 1. The normalized spacial score (nSPS) is 13.0. The summed E-state index contributed by atoms with van der Waals surface area (Å²) in [5, 5.41) is 13.4. The Kier molecular flexibility index (Phi) is 5.81. The molecule has 0 unspecified atom stereocenters. The minimum absolute atomic E-state index is 0.318. The summed E-state index contributed by atoms with van der Waals surface area (Å²) in [6.07, 6.45) is 0. The van der Waals surface area contributed by atoms with Gasteiger partial charge in [0.2, 0.25) is 0 Å². The van der Waals surface area contributed by atoms with E-state index < -0.39 is 23.6 Å². The lowest BCUT2D eigenvalue weighted by atomic mass is 10.1. The van der Waals surface area contributed by atoms with Gasteiger partial charge in [0.15, 0.2) is 0 Å². The number of hydrogen-bond acceptors (Lipinski definition) is 3. The average molecular weight is 232 g/mol. The predicted molar refractivity (Wildman–Crippen MR) is 59.3 cm³/mol. The summed E-state index contributed by atoms with van der Waals surface area (Å²) >= 11 is 0. The third-order valence-electron chi connectivity index (χ3n) is 1.93. The smallest absolute Gasteiger partial charge is 0.325 e. The summed E-state index contributed by atoms with van der Waals surface area (Å²) in [5.74, 6) is -1.07. The van der Waals surface area contributed by atoms with Crippen molar-refractivity contribution in [3.05, 3.63) is 0 Å². The molecule has 3 N–H and O–H groups in total. The van der Waals surface area contributed by atoms with Crippen LogP contribution in [-0.2, 0) is 9.53 Å². The molecule has 2 amide bonds. The van der Waals surface area contributed by atoms with Gasteiger partial charge < -0.3 is 20.5 Å². The lowest BCUT2D eigenvalue weighted by molar-refractivity contribution is -0.138. The summed E-state index contributed by atoms with van der Waals surface area (Å²) in [4.78, 5) is 21.7. The van der Waals surface area contributed by atoms with E-state index in [0.29, 0.717) is 13.2 Å². The van der Waals surface area contributed by atoms with Crippen LogP contribution in [0.15, 0.2) is 0 Å². The van der Waals surface area contributed by atoms with Crippen molar-refractivity contribution in [3.8, 4) is 0 Å². The van der Waals surface area contributed by atoms with E-state index >= 15 is 0 Å². The van der Waals surface area contributed by atoms with E-state index in [9.17, 15) is 9.59 Å². The highest BCUT2D eigenvalue weighted by atomic mass is 16.5. The zero-order valence-corrected chi connectivity index (χ0v) is 10.2. The minimum atomic E-state index is -1.07. The number of nitrogens with one attached hydrogen (secondary N) is 2. The van der Waals surface area contributed by atoms with Crippen molar-refractivity contribution in [2.45, 2.75) is 39.3 Å². The fraction of sp³-hybridized carbons (Fsp3) is 0.800. The minimum Gasteiger partial charge on any atom is -0.480 e. The highest BCUT2D eigenvalue weighted by Crippen LogP contribution is 2.06. The van der Waals surface area contributed by atoms with Crippen LogP contribution in [0.25, 0.3) is 0 Å². The van der Waals surface area contributed by atoms with Crippen LogP contribution in [0, 0.1) is 0 Å². The maximum absolute atomic E-state index is 11.3. The van der Waals surface area contributed by atoms with Gasteiger partial charge in [0.05, 0.1) is 5.60 Å². The third-order valence-corrected chi connectivity index (χ3v) is 1.93. The van der Waals surface area contributed by atoms with Gasteiger partial charge in [-0.1, -0.05) is 0 Å². The van der Waals surface area contributed by atoms with Gasteiger partial charge in [-0.05, 0) is 27.7 Å². The molecule has 0 radical (unpaired) electrons. The Morgan fingerprint density at radius 3 is 2.44 bits per heavy atom. The molecule has 0 spiro atoms. The van der Waals surface area contributed by atoms with Crippen molar-refractivity contribution in [2.24, 2.45) is 0 Å². The predicted octanol–water partition coefficient (Wildman–Crippen LogP) is 0.574. The van der Waals surface area contributed by atoms with Gasteiger partial charge >= 0.3 is 12.0 Å². The zero-order valence-electron chi connectivity index (χ0n) is 10.2. The highest BCUT2D eigenvalue weighted by Gasteiger charge is 2.20. The molecule has 0 saturated carbocycles. The quantitative estimate of drug-likeness (QED) is 0.625. The molecule has 16 heavy (non-hydrogen) atoms. The van der Waals surface area contributed by atoms with Crippen LogP contribution in [0.5, 0.6) is 0 Å². The molecular weight excluding hydrogens is 212 g/mol. The Hall–Kier alpha value is -1.30. The number of hydrogen-bond donors (Lipinski definition) is 3. The first-order valence-electron chi connectivity index (χ1n) is 5.19. The summed E-state index contributed by atoms with van der Waals surface area (Å²) in [5.41, 5.74) is -0.460. The molecule has 0 aromatic rings. The molecule has 0 bridgehead atoms. The van der Waals surface area contributed by atoms with Gasteiger partial charge in [-0.15, -0.1) is 0 Å². The first kappa shape index (κ1) is 14.7. The van der Waals surface area contributed by atoms with Crippen molar-refractivity contribution >= 4 is 12.0 Å². The number of urea groups is 1. The Bertz CT molecular complexity index is 253. The summed E-state index contributed by atoms with van der Waals surface area (Å²) in [6, 6.07) is -1.42. The van der Waals surface area contributed by atoms with Crippen LogP contribution in [0.3, 0.4) is 0 Å². The molecular formula is C10H20N2O4. The van der Waals surface area contributed by atoms with Gasteiger partial charge in [-0.3, -0.25) is 4.79 Å². The zero-order chi connectivity index (χ0) is 12.8. The van der Waals surface area contributed by atoms with E-state index in [4.69, 9.17) is 9.84 Å². The van der Waals surface area contributed by atoms with E-state index in [1.807, 2.05) is 20.8 Å². The topological polar surface area (TPSA) is 87.7 Å². The SMILES string of the molecule is CCOC(C)(C)CNC(=O)N[C@@H](C)C(=O)O. The molecule has 0 aliphatic carbocycles. The molecule has 94 valence electrons. The second-order valence-electron chi connectivity index (χ2n) is 4.08. The van der Waals surface area contributed by atoms with Gasteiger partial charge in [0.25, 0.3) is 0 Å². The van der Waals surface area contributed by atoms with Crippen molar-refractivity contribution in [3.63, 3.8) is 0 Å². The number of amides is 2. The first-order chi connectivity index (χ1) is 7.28. The Morgan fingerprint density at radius 1 is 1.44 bits per heavy atom. The maximum Gasteiger partial charge on any atom is 0.325 e. The second kappa shape index (κ2) is 6.32. The molecule has 0 aromatic carbocycles. The van der Waals surface area contributed by atoms with E-state index in [1.54, 1.807) is 0 Å². The standard InChI is InChI=1S/C10H20N2O4/c1-5-16-10(3,4)6-11-9(15)12-7(2)8(13)14/h7H,5-6H2,1-4H3,(H,13,14)(H2,11,12,15)/t7-/m0/s1. The fourth-order valence-corrected chi connectivity index (χ4v) is 1.04. The van der Waals surface area contributed by atoms with Crippen LogP contribution in [0.1, 0.15) is 27.7 Å². The monoisotopic (exact) mass is 232 g/mol. The van der Waals surface area contributed by atoms with Gasteiger partial charge in [0, 0.05) is 13.2 Å². The third kappa shape index (κ3) is 6.23. The number of carbonyl (C=O) groups is 2.